The fourth-order valence-electron chi connectivity index (χ4n) is 0. The van der Waals surface area contributed by atoms with E-state index in [1.165, 1.54) is 0 Å². The first-order chi connectivity index (χ1) is 4.54. The molecule has 0 aliphatic heterocycles. The van der Waals surface area contributed by atoms with Gasteiger partial charge in [-0.25, -0.2) is 0 Å². The van der Waals surface area contributed by atoms with Gasteiger partial charge in [0.15, 0.2) is 0 Å². The second-order valence-corrected chi connectivity index (χ2v) is 1.20. The van der Waals surface area contributed by atoms with E-state index in [1.54, 1.807) is 0 Å². The van der Waals surface area contributed by atoms with Crippen molar-refractivity contribution in [2.45, 2.75) is 0 Å². The minimum atomic E-state index is -0.968. The van der Waals surface area contributed by atoms with Crippen LogP contribution in [0.4, 0.5) is 0 Å². The van der Waals surface area contributed by atoms with E-state index < -0.39 is 11.9 Å². The third-order valence-corrected chi connectivity index (χ3v) is 0.349. The van der Waals surface area contributed by atoms with E-state index in [4.69, 9.17) is 10.2 Å². The van der Waals surface area contributed by atoms with E-state index in [-0.39, 0.29) is 46.6 Å². The molecule has 0 aromatic rings. The van der Waals surface area contributed by atoms with E-state index in [1.807, 2.05) is 0 Å². The molecular formula is C4H10ClN2O4Pt+. The van der Waals surface area contributed by atoms with Gasteiger partial charge in [0.05, 0.1) is 13.1 Å². The zero-order valence-electron chi connectivity index (χ0n) is 5.97. The quantitative estimate of drug-likeness (QED) is 0.380. The fourth-order valence-corrected chi connectivity index (χ4v) is 0. The number of carboxylic acids is 2. The molecule has 0 spiro atoms. The maximum absolute atomic E-state index is 9.24. The van der Waals surface area contributed by atoms with E-state index in [9.17, 15) is 9.59 Å². The van der Waals surface area contributed by atoms with Crippen molar-refractivity contribution in [2.75, 3.05) is 13.1 Å². The van der Waals surface area contributed by atoms with Crippen LogP contribution in [0.15, 0.2) is 0 Å². The Kier molecular flexibility index (Phi) is 32.2. The smallest absolute Gasteiger partial charge is 1.00 e. The maximum atomic E-state index is 9.24. The van der Waals surface area contributed by atoms with Crippen molar-refractivity contribution in [3.05, 3.63) is 0 Å². The van der Waals surface area contributed by atoms with Crippen LogP contribution < -0.4 is 23.9 Å². The van der Waals surface area contributed by atoms with Crippen molar-refractivity contribution in [3.8, 4) is 0 Å². The second kappa shape index (κ2) is 17.1. The molecule has 0 rings (SSSR count). The molecule has 0 aliphatic carbocycles. The van der Waals surface area contributed by atoms with Crippen LogP contribution in [0, 0.1) is 0 Å². The van der Waals surface area contributed by atoms with Crippen molar-refractivity contribution in [1.29, 1.82) is 0 Å². The number of halogens is 1. The summed E-state index contributed by atoms with van der Waals surface area (Å²) in [6.07, 6.45) is 0. The van der Waals surface area contributed by atoms with E-state index in [2.05, 4.69) is 11.5 Å². The van der Waals surface area contributed by atoms with Crippen molar-refractivity contribution >= 4 is 11.9 Å². The molecule has 0 saturated heterocycles. The summed E-state index contributed by atoms with van der Waals surface area (Å²) in [4.78, 5) is 18.5. The number of hydrogen-bond donors (Lipinski definition) is 4. The standard InChI is InChI=1S/2C2H5NO2.ClH.Pt/c2*3-1-2(4)5;;/h2*1,3H2,(H,4,5);1H;/q;;;+2/p-1. The molecule has 0 aromatic carbocycles. The van der Waals surface area contributed by atoms with Gasteiger partial charge in [0.25, 0.3) is 0 Å². The Labute approximate surface area is 90.0 Å². The zero-order valence-corrected chi connectivity index (χ0v) is 9.00. The molecule has 6 nitrogen and oxygen atoms in total. The molecule has 0 unspecified atom stereocenters. The molecule has 0 bridgehead atoms. The topological polar surface area (TPSA) is 127 Å². The van der Waals surface area contributed by atoms with Gasteiger partial charge in [-0.3, -0.25) is 9.59 Å². The molecule has 8 heteroatoms. The Morgan fingerprint density at radius 3 is 1.08 bits per heavy atom. The van der Waals surface area contributed by atoms with Gasteiger partial charge >= 0.3 is 33.0 Å². The molecular weight excluding hydrogens is 371 g/mol. The molecule has 0 aromatic heterocycles. The molecule has 6 N–H and O–H groups in total. The summed E-state index contributed by atoms with van der Waals surface area (Å²) in [7, 11) is 0. The second-order valence-electron chi connectivity index (χ2n) is 1.20. The van der Waals surface area contributed by atoms with Gasteiger partial charge in [-0.2, -0.15) is 0 Å². The predicted molar refractivity (Wildman–Crippen MR) is 33.4 cm³/mol. The van der Waals surface area contributed by atoms with Gasteiger partial charge in [0.1, 0.15) is 0 Å². The Bertz CT molecular complexity index is 110. The third-order valence-electron chi connectivity index (χ3n) is 0.349. The van der Waals surface area contributed by atoms with Gasteiger partial charge in [-0.15, -0.1) is 0 Å². The van der Waals surface area contributed by atoms with Crippen LogP contribution in [0.25, 0.3) is 0 Å². The van der Waals surface area contributed by atoms with Crippen LogP contribution in [0.2, 0.25) is 0 Å². The Morgan fingerprint density at radius 1 is 1.00 bits per heavy atom. The average molecular weight is 381 g/mol. The molecule has 0 amide bonds. The Morgan fingerprint density at radius 2 is 1.08 bits per heavy atom. The van der Waals surface area contributed by atoms with E-state index in [0.717, 1.165) is 0 Å². The monoisotopic (exact) mass is 380 g/mol. The first kappa shape index (κ1) is 22.6. The minimum absolute atomic E-state index is 0. The van der Waals surface area contributed by atoms with Crippen molar-refractivity contribution in [2.24, 2.45) is 11.5 Å². The predicted octanol–water partition coefficient (Wildman–Crippen LogP) is -4.94. The SMILES string of the molecule is NCC(=O)O.NCC(=O)O.[Cl-].[Pt+2]. The van der Waals surface area contributed by atoms with Gasteiger partial charge in [-0.05, 0) is 0 Å². The Hall–Kier alpha value is -0.162. The summed E-state index contributed by atoms with van der Waals surface area (Å²) in [5, 5.41) is 15.2. The molecule has 0 saturated carbocycles. The normalized spacial score (nSPS) is 6.17. The van der Waals surface area contributed by atoms with Gasteiger partial charge < -0.3 is 34.1 Å². The third kappa shape index (κ3) is 52.2. The summed E-state index contributed by atoms with van der Waals surface area (Å²) in [6.45, 7) is -0.556. The van der Waals surface area contributed by atoms with Crippen LogP contribution in [-0.2, 0) is 30.7 Å². The Balaban J connectivity index is -0.0000000457. The van der Waals surface area contributed by atoms with Crippen LogP contribution in [0.3, 0.4) is 0 Å². The van der Waals surface area contributed by atoms with Gasteiger partial charge in [0, 0.05) is 0 Å². The molecule has 12 heavy (non-hydrogen) atoms. The number of nitrogens with two attached hydrogens (primary N) is 2. The number of hydrogen-bond acceptors (Lipinski definition) is 4. The number of carbonyl (C=O) groups is 2. The number of aliphatic carboxylic acids is 2. The molecule has 76 valence electrons. The van der Waals surface area contributed by atoms with Crippen LogP contribution >= 0.6 is 0 Å². The van der Waals surface area contributed by atoms with Gasteiger partial charge in [-0.1, -0.05) is 0 Å². The summed E-state index contributed by atoms with van der Waals surface area (Å²) in [6, 6.07) is 0. The molecule has 0 atom stereocenters. The van der Waals surface area contributed by atoms with E-state index in [0.29, 0.717) is 0 Å². The van der Waals surface area contributed by atoms with Crippen LogP contribution in [0.5, 0.6) is 0 Å². The zero-order chi connectivity index (χ0) is 8.57. The number of rotatable bonds is 2. The van der Waals surface area contributed by atoms with Crippen molar-refractivity contribution in [3.63, 3.8) is 0 Å². The summed E-state index contributed by atoms with van der Waals surface area (Å²) >= 11 is 0. The van der Waals surface area contributed by atoms with Crippen LogP contribution in [0.1, 0.15) is 0 Å². The maximum Gasteiger partial charge on any atom is 2.00 e. The summed E-state index contributed by atoms with van der Waals surface area (Å²) < 4.78 is 0. The number of carboxylic acid groups (broad SMARTS) is 2. The summed E-state index contributed by atoms with van der Waals surface area (Å²) in [5.74, 6) is -1.94. The molecule has 0 aliphatic rings. The van der Waals surface area contributed by atoms with Crippen LogP contribution in [-0.4, -0.2) is 35.2 Å². The average Bonchev–Trinajstić information content (AvgIpc) is 1.89. The van der Waals surface area contributed by atoms with Crippen molar-refractivity contribution in [1.82, 2.24) is 0 Å². The first-order valence-corrected chi connectivity index (χ1v) is 2.38. The molecule has 0 radical (unpaired) electrons. The van der Waals surface area contributed by atoms with E-state index >= 15 is 0 Å². The fraction of sp³-hybridized carbons (Fsp3) is 0.500. The molecule has 0 heterocycles. The first-order valence-electron chi connectivity index (χ1n) is 2.38. The largest absolute Gasteiger partial charge is 2.00 e. The van der Waals surface area contributed by atoms with Crippen molar-refractivity contribution < 1.29 is 53.3 Å². The molecule has 0 fully saturated rings. The summed E-state index contributed by atoms with van der Waals surface area (Å²) in [5.41, 5.74) is 9.14. The minimum Gasteiger partial charge on any atom is -1.00 e. The van der Waals surface area contributed by atoms with Gasteiger partial charge in [0.2, 0.25) is 0 Å².